The summed E-state index contributed by atoms with van der Waals surface area (Å²) in [5.74, 6) is 0. The molecule has 1 aliphatic carbocycles. The molecule has 0 bridgehead atoms. The first-order chi connectivity index (χ1) is 15.5. The molecule has 0 radical (unpaired) electrons. The van der Waals surface area contributed by atoms with Crippen LogP contribution in [0, 0.1) is 0 Å². The van der Waals surface area contributed by atoms with Crippen LogP contribution in [0.4, 0.5) is 0 Å². The second-order valence-electron chi connectivity index (χ2n) is 7.67. The fraction of sp³-hybridized carbons (Fsp3) is 0.160. The third-order valence-electron chi connectivity index (χ3n) is 5.65. The van der Waals surface area contributed by atoms with E-state index in [1.54, 1.807) is 0 Å². The Balaban J connectivity index is 1.82. The quantitative estimate of drug-likeness (QED) is 0.256. The summed E-state index contributed by atoms with van der Waals surface area (Å²) in [5.41, 5.74) is 6.32. The number of benzene rings is 2. The molecule has 0 spiro atoms. The van der Waals surface area contributed by atoms with Crippen LogP contribution in [0.15, 0.2) is 58.5 Å². The first-order valence-electron chi connectivity index (χ1n) is 10.3. The average molecular weight is 480 g/mol. The van der Waals surface area contributed by atoms with Crippen LogP contribution in [0.1, 0.15) is 29.7 Å². The first kappa shape index (κ1) is 21.3. The lowest BCUT2D eigenvalue weighted by molar-refractivity contribution is 0.813. The fourth-order valence-electron chi connectivity index (χ4n) is 4.21. The number of H-pyrrole nitrogens is 1. The van der Waals surface area contributed by atoms with Gasteiger partial charge in [-0.1, -0.05) is 59.2 Å². The first-order valence-corrected chi connectivity index (χ1v) is 12.2. The van der Waals surface area contributed by atoms with E-state index in [0.29, 0.717) is 26.2 Å². The number of fused-ring (bicyclic) bond motifs is 2. The highest BCUT2D eigenvalue weighted by atomic mass is 35.5. The summed E-state index contributed by atoms with van der Waals surface area (Å²) in [5, 5.41) is 2.44. The number of rotatable bonds is 3. The molecule has 1 N–H and O–H groups in total. The molecule has 2 aromatic carbocycles. The number of aromatic nitrogens is 3. The molecule has 7 heteroatoms. The molecule has 0 saturated carbocycles. The smallest absolute Gasteiger partial charge is 0.261 e. The number of nitrogens with one attached hydrogen (secondary N) is 1. The Labute approximate surface area is 199 Å². The summed E-state index contributed by atoms with van der Waals surface area (Å²) in [6.07, 6.45) is 6.77. The van der Waals surface area contributed by atoms with Gasteiger partial charge in [0, 0.05) is 15.6 Å². The molecule has 2 heterocycles. The molecular weight excluding hydrogens is 461 g/mol. The minimum Gasteiger partial charge on any atom is -0.301 e. The zero-order chi connectivity index (χ0) is 22.2. The van der Waals surface area contributed by atoms with Gasteiger partial charge >= 0.3 is 0 Å². The summed E-state index contributed by atoms with van der Waals surface area (Å²) >= 11 is 13.6. The van der Waals surface area contributed by atoms with Crippen molar-refractivity contribution in [3.63, 3.8) is 0 Å². The van der Waals surface area contributed by atoms with Crippen molar-refractivity contribution in [2.24, 2.45) is 0 Å². The van der Waals surface area contributed by atoms with Gasteiger partial charge in [-0.05, 0) is 78.1 Å². The maximum atomic E-state index is 13.1. The average Bonchev–Trinajstić information content (AvgIpc) is 2.80. The Morgan fingerprint density at radius 3 is 2.34 bits per heavy atom. The lowest BCUT2D eigenvalue weighted by Gasteiger charge is -2.23. The van der Waals surface area contributed by atoms with E-state index in [2.05, 4.69) is 16.0 Å². The maximum absolute atomic E-state index is 13.1. The van der Waals surface area contributed by atoms with Gasteiger partial charge in [0.05, 0.1) is 11.1 Å². The van der Waals surface area contributed by atoms with Crippen LogP contribution in [0.25, 0.3) is 33.8 Å². The predicted octanol–water partition coefficient (Wildman–Crippen LogP) is 6.89. The van der Waals surface area contributed by atoms with Crippen molar-refractivity contribution in [2.45, 2.75) is 24.4 Å². The molecular formula is C25H19Cl2N3OS. The highest BCUT2D eigenvalue weighted by Gasteiger charge is 2.25. The summed E-state index contributed by atoms with van der Waals surface area (Å²) in [7, 11) is 0. The minimum atomic E-state index is -0.173. The van der Waals surface area contributed by atoms with Gasteiger partial charge in [-0.2, -0.15) is 0 Å². The molecule has 0 amide bonds. The van der Waals surface area contributed by atoms with Crippen molar-refractivity contribution < 1.29 is 0 Å². The second kappa shape index (κ2) is 8.74. The van der Waals surface area contributed by atoms with E-state index in [9.17, 15) is 4.79 Å². The molecule has 4 nitrogen and oxygen atoms in total. The summed E-state index contributed by atoms with van der Waals surface area (Å²) in [6, 6.07) is 15.4. The van der Waals surface area contributed by atoms with Gasteiger partial charge in [-0.25, -0.2) is 9.97 Å². The van der Waals surface area contributed by atoms with E-state index in [0.717, 1.165) is 52.8 Å². The second-order valence-corrected chi connectivity index (χ2v) is 9.34. The van der Waals surface area contributed by atoms with Crippen LogP contribution in [0.2, 0.25) is 10.0 Å². The van der Waals surface area contributed by atoms with Gasteiger partial charge in [0.15, 0.2) is 10.8 Å². The largest absolute Gasteiger partial charge is 0.301 e. The monoisotopic (exact) mass is 479 g/mol. The van der Waals surface area contributed by atoms with Crippen LogP contribution >= 0.6 is 35.0 Å². The van der Waals surface area contributed by atoms with Crippen molar-refractivity contribution in [2.75, 3.05) is 6.26 Å². The molecule has 0 aliphatic heterocycles. The summed E-state index contributed by atoms with van der Waals surface area (Å²) in [6.45, 7) is 0. The molecule has 160 valence electrons. The van der Waals surface area contributed by atoms with E-state index < -0.39 is 0 Å². The number of pyridine rings is 1. The van der Waals surface area contributed by atoms with Gasteiger partial charge in [-0.3, -0.25) is 4.79 Å². The summed E-state index contributed by atoms with van der Waals surface area (Å²) in [4.78, 5) is 25.6. The number of thioether (sulfide) groups is 1. The van der Waals surface area contributed by atoms with Crippen LogP contribution in [-0.4, -0.2) is 21.2 Å². The van der Waals surface area contributed by atoms with E-state index >= 15 is 0 Å². The third kappa shape index (κ3) is 3.96. The zero-order valence-electron chi connectivity index (χ0n) is 17.3. The topological polar surface area (TPSA) is 58.6 Å². The van der Waals surface area contributed by atoms with Crippen molar-refractivity contribution in [1.29, 1.82) is 0 Å². The fourth-order valence-corrected chi connectivity index (χ4v) is 4.83. The van der Waals surface area contributed by atoms with Gasteiger partial charge < -0.3 is 4.98 Å². The number of nitrogens with zero attached hydrogens (tertiary/aromatic N) is 2. The molecule has 0 unspecified atom stereocenters. The minimum absolute atomic E-state index is 0.173. The van der Waals surface area contributed by atoms with Crippen molar-refractivity contribution in [3.05, 3.63) is 85.8 Å². The number of hydrogen-bond acceptors (Lipinski definition) is 4. The Morgan fingerprint density at radius 1 is 0.969 bits per heavy atom. The van der Waals surface area contributed by atoms with Gasteiger partial charge in [0.2, 0.25) is 0 Å². The Kier molecular flexibility index (Phi) is 5.80. The normalized spacial score (nSPS) is 14.7. The van der Waals surface area contributed by atoms with Crippen molar-refractivity contribution >= 4 is 57.6 Å². The lowest BCUT2D eigenvalue weighted by Crippen LogP contribution is -2.16. The van der Waals surface area contributed by atoms with Crippen LogP contribution in [0.3, 0.4) is 0 Å². The van der Waals surface area contributed by atoms with E-state index in [1.807, 2.05) is 54.8 Å². The van der Waals surface area contributed by atoms with E-state index in [4.69, 9.17) is 28.2 Å². The Hall–Kier alpha value is -2.60. The van der Waals surface area contributed by atoms with Crippen LogP contribution < -0.4 is 5.56 Å². The molecule has 0 saturated heterocycles. The molecule has 2 aromatic heterocycles. The van der Waals surface area contributed by atoms with Crippen LogP contribution in [-0.2, 0) is 6.42 Å². The number of allylic oxidation sites excluding steroid dienone is 1. The standard InChI is InChI=1S/C25H19Cl2N3OS/c1-32-25-29-23-21(24(31)30-25)20(15-7-11-18(27)12-8-15)19-4-2-3-16(22(19)28-23)13-14-5-9-17(26)10-6-14/h5-13H,2-4H2,1H3,(H,28,29,30,31)/b16-13+. The zero-order valence-corrected chi connectivity index (χ0v) is 19.6. The Morgan fingerprint density at radius 2 is 1.66 bits per heavy atom. The van der Waals surface area contributed by atoms with E-state index in [1.165, 1.54) is 11.8 Å². The SMILES string of the molecule is CSc1nc2nc3c(c(-c4ccc(Cl)cc4)c2c(=O)[nH]1)CCC/C3=C\c1ccc(Cl)cc1. The van der Waals surface area contributed by atoms with Crippen LogP contribution in [0.5, 0.6) is 0 Å². The molecule has 32 heavy (non-hydrogen) atoms. The van der Waals surface area contributed by atoms with Crippen molar-refractivity contribution in [1.82, 2.24) is 15.0 Å². The number of hydrogen-bond donors (Lipinski definition) is 1. The van der Waals surface area contributed by atoms with Gasteiger partial charge in [0.1, 0.15) is 0 Å². The highest BCUT2D eigenvalue weighted by Crippen LogP contribution is 2.40. The molecule has 5 rings (SSSR count). The predicted molar refractivity (Wildman–Crippen MR) is 135 cm³/mol. The molecule has 0 atom stereocenters. The Bertz CT molecular complexity index is 1410. The summed E-state index contributed by atoms with van der Waals surface area (Å²) < 4.78 is 0. The van der Waals surface area contributed by atoms with E-state index in [-0.39, 0.29) is 5.56 Å². The molecule has 4 aromatic rings. The maximum Gasteiger partial charge on any atom is 0.261 e. The lowest BCUT2D eigenvalue weighted by atomic mass is 9.84. The van der Waals surface area contributed by atoms with Crippen molar-refractivity contribution in [3.8, 4) is 11.1 Å². The molecule has 0 fully saturated rings. The third-order valence-corrected chi connectivity index (χ3v) is 6.73. The van der Waals surface area contributed by atoms with Gasteiger partial charge in [-0.15, -0.1) is 0 Å². The molecule has 1 aliphatic rings. The highest BCUT2D eigenvalue weighted by molar-refractivity contribution is 7.98. The number of aromatic amines is 1. The van der Waals surface area contributed by atoms with Gasteiger partial charge in [0.25, 0.3) is 5.56 Å². The number of halogens is 2.